The van der Waals surface area contributed by atoms with Crippen molar-refractivity contribution in [1.29, 1.82) is 0 Å². The third kappa shape index (κ3) is 1.44. The van der Waals surface area contributed by atoms with Crippen molar-refractivity contribution in [3.05, 3.63) is 28.7 Å². The average molecular weight is 278 g/mol. The number of furan rings is 1. The van der Waals surface area contributed by atoms with Gasteiger partial charge in [-0.05, 0) is 37.3 Å². The number of aliphatic hydroxyl groups excluding tert-OH is 2. The monoisotopic (exact) mass is 278 g/mol. The number of fused-ring (bicyclic) bond motifs is 2. The van der Waals surface area contributed by atoms with Crippen LogP contribution in [0.5, 0.6) is 0 Å². The summed E-state index contributed by atoms with van der Waals surface area (Å²) in [6.45, 7) is 3.52. The minimum atomic E-state index is -0.976. The molecule has 108 valence electrons. The van der Waals surface area contributed by atoms with Crippen LogP contribution in [0, 0.1) is 18.3 Å². The lowest BCUT2D eigenvalue weighted by Crippen LogP contribution is -2.45. The standard InChI is InChI=1S/C15H18O5/c1-7-6-20-12-10(7)13(17)15(2)8(11(12)16)4-3-5-9(15)14(18)19/h6,9,13,16-17H,3-5H2,1-2H3,(H,18,19)/t9-,13+,15+/m1/s1. The van der Waals surface area contributed by atoms with Gasteiger partial charge in [0.25, 0.3) is 0 Å². The van der Waals surface area contributed by atoms with Crippen LogP contribution in [0.1, 0.15) is 49.2 Å². The SMILES string of the molecule is Cc1coc2c1[C@H](O)[C@@]1(C)C(=C2O)CCC[C@@H]1C(=O)O. The molecule has 3 rings (SSSR count). The number of carbonyl (C=O) groups is 1. The van der Waals surface area contributed by atoms with Crippen LogP contribution in [-0.4, -0.2) is 21.3 Å². The number of rotatable bonds is 1. The van der Waals surface area contributed by atoms with E-state index in [0.29, 0.717) is 30.4 Å². The Hall–Kier alpha value is -1.75. The summed E-state index contributed by atoms with van der Waals surface area (Å²) in [6.07, 6.45) is 2.30. The molecule has 0 saturated heterocycles. The predicted octanol–water partition coefficient (Wildman–Crippen LogP) is 2.80. The first-order valence-corrected chi connectivity index (χ1v) is 6.80. The molecule has 3 N–H and O–H groups in total. The summed E-state index contributed by atoms with van der Waals surface area (Å²) < 4.78 is 5.34. The maximum Gasteiger partial charge on any atom is 0.307 e. The smallest absolute Gasteiger partial charge is 0.307 e. The second-order valence-corrected chi connectivity index (χ2v) is 5.96. The molecule has 1 saturated carbocycles. The molecule has 5 heteroatoms. The molecule has 1 aromatic heterocycles. The largest absolute Gasteiger partial charge is 0.504 e. The molecular weight excluding hydrogens is 260 g/mol. The summed E-state index contributed by atoms with van der Waals surface area (Å²) in [5, 5.41) is 30.7. The number of aliphatic carboxylic acids is 1. The minimum Gasteiger partial charge on any atom is -0.504 e. The van der Waals surface area contributed by atoms with Crippen LogP contribution >= 0.6 is 0 Å². The number of hydrogen-bond donors (Lipinski definition) is 3. The molecule has 0 spiro atoms. The third-order valence-electron chi connectivity index (χ3n) is 4.96. The van der Waals surface area contributed by atoms with Crippen molar-refractivity contribution in [3.63, 3.8) is 0 Å². The Morgan fingerprint density at radius 2 is 2.20 bits per heavy atom. The van der Waals surface area contributed by atoms with E-state index < -0.39 is 23.4 Å². The second kappa shape index (κ2) is 4.12. The number of carboxylic acids is 1. The van der Waals surface area contributed by atoms with Gasteiger partial charge in [-0.15, -0.1) is 0 Å². The summed E-state index contributed by atoms with van der Waals surface area (Å²) in [7, 11) is 0. The Morgan fingerprint density at radius 1 is 1.50 bits per heavy atom. The lowest BCUT2D eigenvalue weighted by molar-refractivity contribution is -0.150. The molecule has 5 nitrogen and oxygen atoms in total. The first-order chi connectivity index (χ1) is 9.39. The van der Waals surface area contributed by atoms with Crippen LogP contribution < -0.4 is 0 Å². The first-order valence-electron chi connectivity index (χ1n) is 6.80. The van der Waals surface area contributed by atoms with Gasteiger partial charge in [0.1, 0.15) is 0 Å². The van der Waals surface area contributed by atoms with Gasteiger partial charge >= 0.3 is 5.97 Å². The van der Waals surface area contributed by atoms with Gasteiger partial charge in [-0.25, -0.2) is 0 Å². The lowest BCUT2D eigenvalue weighted by Gasteiger charge is -2.47. The van der Waals surface area contributed by atoms with Crippen molar-refractivity contribution >= 4 is 11.7 Å². The van der Waals surface area contributed by atoms with Crippen molar-refractivity contribution in [2.45, 2.75) is 39.2 Å². The topological polar surface area (TPSA) is 90.9 Å². The summed E-state index contributed by atoms with van der Waals surface area (Å²) in [5.74, 6) is -1.34. The van der Waals surface area contributed by atoms with Crippen molar-refractivity contribution in [2.24, 2.45) is 11.3 Å². The van der Waals surface area contributed by atoms with E-state index in [1.807, 2.05) is 0 Å². The van der Waals surface area contributed by atoms with Gasteiger partial charge in [0.2, 0.25) is 0 Å². The fraction of sp³-hybridized carbons (Fsp3) is 0.533. The molecular formula is C15H18O5. The maximum atomic E-state index is 11.6. The first kappa shape index (κ1) is 13.2. The summed E-state index contributed by atoms with van der Waals surface area (Å²) in [6, 6.07) is 0. The van der Waals surface area contributed by atoms with E-state index in [9.17, 15) is 20.1 Å². The number of aliphatic hydroxyl groups is 2. The van der Waals surface area contributed by atoms with Crippen molar-refractivity contribution in [3.8, 4) is 0 Å². The van der Waals surface area contributed by atoms with Gasteiger partial charge in [0, 0.05) is 11.0 Å². The highest BCUT2D eigenvalue weighted by Crippen LogP contribution is 2.58. The molecule has 1 aromatic rings. The van der Waals surface area contributed by atoms with E-state index in [1.54, 1.807) is 13.8 Å². The lowest BCUT2D eigenvalue weighted by atomic mass is 9.57. The zero-order valence-electron chi connectivity index (χ0n) is 11.5. The molecule has 0 amide bonds. The number of carboxylic acid groups (broad SMARTS) is 1. The van der Waals surface area contributed by atoms with Crippen LogP contribution in [0.2, 0.25) is 0 Å². The van der Waals surface area contributed by atoms with Gasteiger partial charge in [-0.2, -0.15) is 0 Å². The van der Waals surface area contributed by atoms with Crippen LogP contribution in [0.15, 0.2) is 16.3 Å². The summed E-state index contributed by atoms with van der Waals surface area (Å²) in [4.78, 5) is 11.6. The molecule has 1 heterocycles. The Bertz CT molecular complexity index is 612. The average Bonchev–Trinajstić information content (AvgIpc) is 2.78. The van der Waals surface area contributed by atoms with Crippen LogP contribution in [0.25, 0.3) is 5.76 Å². The minimum absolute atomic E-state index is 0.00634. The van der Waals surface area contributed by atoms with E-state index in [-0.39, 0.29) is 11.5 Å². The molecule has 2 aliphatic carbocycles. The van der Waals surface area contributed by atoms with E-state index in [0.717, 1.165) is 5.56 Å². The van der Waals surface area contributed by atoms with Gasteiger partial charge in [0.05, 0.1) is 18.3 Å². The van der Waals surface area contributed by atoms with Crippen molar-refractivity contribution in [1.82, 2.24) is 0 Å². The molecule has 3 atom stereocenters. The molecule has 0 bridgehead atoms. The van der Waals surface area contributed by atoms with Gasteiger partial charge < -0.3 is 19.7 Å². The van der Waals surface area contributed by atoms with Gasteiger partial charge in [-0.1, -0.05) is 6.92 Å². The molecule has 1 fully saturated rings. The summed E-state index contributed by atoms with van der Waals surface area (Å²) in [5.41, 5.74) is 0.872. The normalized spacial score (nSPS) is 32.8. The van der Waals surface area contributed by atoms with Crippen molar-refractivity contribution < 1.29 is 24.5 Å². The highest BCUT2D eigenvalue weighted by Gasteiger charge is 2.55. The molecule has 0 aromatic carbocycles. The number of aryl methyl sites for hydroxylation is 1. The number of hydrogen-bond acceptors (Lipinski definition) is 4. The third-order valence-corrected chi connectivity index (χ3v) is 4.96. The molecule has 0 unspecified atom stereocenters. The van der Waals surface area contributed by atoms with E-state index >= 15 is 0 Å². The molecule has 2 aliphatic rings. The van der Waals surface area contributed by atoms with E-state index in [2.05, 4.69) is 0 Å². The Morgan fingerprint density at radius 3 is 2.85 bits per heavy atom. The van der Waals surface area contributed by atoms with Crippen LogP contribution in [-0.2, 0) is 4.79 Å². The van der Waals surface area contributed by atoms with Crippen LogP contribution in [0.3, 0.4) is 0 Å². The quantitative estimate of drug-likeness (QED) is 0.734. The zero-order chi connectivity index (χ0) is 14.7. The Balaban J connectivity index is 2.26. The van der Waals surface area contributed by atoms with Gasteiger partial charge in [-0.3, -0.25) is 4.79 Å². The Labute approximate surface area is 116 Å². The fourth-order valence-electron chi connectivity index (χ4n) is 3.78. The molecule has 20 heavy (non-hydrogen) atoms. The fourth-order valence-corrected chi connectivity index (χ4v) is 3.78. The van der Waals surface area contributed by atoms with E-state index in [1.165, 1.54) is 6.26 Å². The van der Waals surface area contributed by atoms with Gasteiger partial charge in [0.15, 0.2) is 11.5 Å². The Kier molecular flexibility index (Phi) is 2.73. The highest BCUT2D eigenvalue weighted by molar-refractivity contribution is 5.76. The zero-order valence-corrected chi connectivity index (χ0v) is 11.5. The maximum absolute atomic E-state index is 11.6. The van der Waals surface area contributed by atoms with E-state index in [4.69, 9.17) is 4.42 Å². The predicted molar refractivity (Wildman–Crippen MR) is 71.0 cm³/mol. The highest BCUT2D eigenvalue weighted by atomic mass is 16.4. The second-order valence-electron chi connectivity index (χ2n) is 5.96. The summed E-state index contributed by atoms with van der Waals surface area (Å²) >= 11 is 0. The molecule has 0 aliphatic heterocycles. The van der Waals surface area contributed by atoms with Crippen molar-refractivity contribution in [2.75, 3.05) is 0 Å². The molecule has 0 radical (unpaired) electrons. The van der Waals surface area contributed by atoms with Crippen LogP contribution in [0.4, 0.5) is 0 Å².